The van der Waals surface area contributed by atoms with E-state index in [0.29, 0.717) is 15.8 Å². The van der Waals surface area contributed by atoms with E-state index in [1.54, 1.807) is 12.1 Å². The topological polar surface area (TPSA) is 81.8 Å². The predicted octanol–water partition coefficient (Wildman–Crippen LogP) is 2.33. The van der Waals surface area contributed by atoms with Gasteiger partial charge in [0.05, 0.1) is 0 Å². The van der Waals surface area contributed by atoms with Crippen LogP contribution in [0.4, 0.5) is 5.13 Å². The Labute approximate surface area is 121 Å². The molecule has 2 aromatic heterocycles. The van der Waals surface area contributed by atoms with Crippen molar-refractivity contribution in [2.45, 2.75) is 32.6 Å². The molecule has 0 aromatic carbocycles. The van der Waals surface area contributed by atoms with Crippen molar-refractivity contribution in [3.8, 4) is 0 Å². The normalized spacial score (nSPS) is 10.8. The minimum Gasteiger partial charge on any atom is -0.618 e. The smallest absolute Gasteiger partial charge is 0.323 e. The summed E-state index contributed by atoms with van der Waals surface area (Å²) in [6.45, 7) is 4.19. The number of nitrogens with one attached hydrogen (secondary N) is 1. The first-order valence-corrected chi connectivity index (χ1v) is 7.30. The van der Waals surface area contributed by atoms with Gasteiger partial charge >= 0.3 is 5.91 Å². The van der Waals surface area contributed by atoms with Crippen LogP contribution in [0.25, 0.3) is 0 Å². The SMILES string of the molecule is CCC(CC)c1nnc(NC(=O)c2cccc[n+]2[O-])s1. The zero-order valence-electron chi connectivity index (χ0n) is 11.4. The molecule has 0 unspecified atom stereocenters. The van der Waals surface area contributed by atoms with E-state index in [9.17, 15) is 10.0 Å². The first-order valence-electron chi connectivity index (χ1n) is 6.48. The second kappa shape index (κ2) is 6.42. The van der Waals surface area contributed by atoms with Crippen LogP contribution in [0.15, 0.2) is 24.4 Å². The van der Waals surface area contributed by atoms with Crippen molar-refractivity contribution in [2.75, 3.05) is 5.32 Å². The molecule has 2 heterocycles. The fraction of sp³-hybridized carbons (Fsp3) is 0.385. The summed E-state index contributed by atoms with van der Waals surface area (Å²) in [5, 5.41) is 23.5. The van der Waals surface area contributed by atoms with E-state index in [0.717, 1.165) is 17.8 Å². The summed E-state index contributed by atoms with van der Waals surface area (Å²) >= 11 is 1.35. The summed E-state index contributed by atoms with van der Waals surface area (Å²) in [5.41, 5.74) is 0.0341. The predicted molar refractivity (Wildman–Crippen MR) is 76.6 cm³/mol. The lowest BCUT2D eigenvalue weighted by molar-refractivity contribution is -0.607. The zero-order valence-corrected chi connectivity index (χ0v) is 12.2. The van der Waals surface area contributed by atoms with Gasteiger partial charge in [-0.15, -0.1) is 10.2 Å². The van der Waals surface area contributed by atoms with Gasteiger partial charge in [0.1, 0.15) is 5.01 Å². The van der Waals surface area contributed by atoms with Crippen molar-refractivity contribution in [1.29, 1.82) is 0 Å². The molecule has 0 fully saturated rings. The molecule has 0 atom stereocenters. The van der Waals surface area contributed by atoms with Crippen molar-refractivity contribution < 1.29 is 9.52 Å². The maximum absolute atomic E-state index is 12.0. The lowest BCUT2D eigenvalue weighted by atomic mass is 10.1. The molecule has 2 aromatic rings. The molecule has 0 spiro atoms. The second-order valence-corrected chi connectivity index (χ2v) is 5.33. The highest BCUT2D eigenvalue weighted by Crippen LogP contribution is 2.28. The molecule has 0 aliphatic heterocycles. The highest BCUT2D eigenvalue weighted by Gasteiger charge is 2.19. The van der Waals surface area contributed by atoms with Crippen LogP contribution in [0, 0.1) is 5.21 Å². The van der Waals surface area contributed by atoms with Crippen LogP contribution in [-0.4, -0.2) is 16.1 Å². The summed E-state index contributed by atoms with van der Waals surface area (Å²) in [7, 11) is 0. The first-order chi connectivity index (χ1) is 9.65. The van der Waals surface area contributed by atoms with Crippen molar-refractivity contribution in [2.24, 2.45) is 0 Å². The third-order valence-electron chi connectivity index (χ3n) is 3.05. The Morgan fingerprint density at radius 3 is 2.80 bits per heavy atom. The highest BCUT2D eigenvalue weighted by molar-refractivity contribution is 7.15. The fourth-order valence-electron chi connectivity index (χ4n) is 1.85. The molecule has 2 rings (SSSR count). The number of hydrogen-bond donors (Lipinski definition) is 1. The third kappa shape index (κ3) is 3.11. The molecular formula is C13H16N4O2S. The Hall–Kier alpha value is -2.02. The molecule has 0 bridgehead atoms. The number of pyridine rings is 1. The first kappa shape index (κ1) is 14.4. The standard InChI is InChI=1S/C13H16N4O2S/c1-3-9(4-2)12-15-16-13(20-12)14-11(18)10-7-5-6-8-17(10)19/h5-9H,3-4H2,1-2H3,(H,14,16,18). The molecule has 0 aliphatic carbocycles. The van der Waals surface area contributed by atoms with Crippen LogP contribution in [0.1, 0.15) is 48.1 Å². The molecule has 0 aliphatic rings. The van der Waals surface area contributed by atoms with E-state index in [4.69, 9.17) is 0 Å². The average Bonchev–Trinajstić information content (AvgIpc) is 2.89. The van der Waals surface area contributed by atoms with Crippen LogP contribution in [-0.2, 0) is 0 Å². The molecule has 0 saturated carbocycles. The van der Waals surface area contributed by atoms with Gasteiger partial charge in [-0.05, 0) is 18.9 Å². The van der Waals surface area contributed by atoms with Gasteiger partial charge in [-0.1, -0.05) is 25.2 Å². The number of rotatable bonds is 5. The number of carbonyl (C=O) groups is 1. The minimum absolute atomic E-state index is 0.0341. The Bertz CT molecular complexity index is 596. The van der Waals surface area contributed by atoms with E-state index >= 15 is 0 Å². The van der Waals surface area contributed by atoms with Crippen LogP contribution < -0.4 is 10.0 Å². The largest absolute Gasteiger partial charge is 0.618 e. The molecule has 0 saturated heterocycles. The van der Waals surface area contributed by atoms with Crippen LogP contribution >= 0.6 is 11.3 Å². The van der Waals surface area contributed by atoms with E-state index in [1.807, 2.05) is 0 Å². The second-order valence-electron chi connectivity index (χ2n) is 4.32. The summed E-state index contributed by atoms with van der Waals surface area (Å²) in [6, 6.07) is 4.67. The summed E-state index contributed by atoms with van der Waals surface area (Å²) in [6.07, 6.45) is 3.25. The van der Waals surface area contributed by atoms with Gasteiger partial charge < -0.3 is 5.21 Å². The van der Waals surface area contributed by atoms with Crippen molar-refractivity contribution in [1.82, 2.24) is 10.2 Å². The fourth-order valence-corrected chi connectivity index (χ4v) is 2.86. The maximum atomic E-state index is 12.0. The van der Waals surface area contributed by atoms with Crippen LogP contribution in [0.2, 0.25) is 0 Å². The lowest BCUT2D eigenvalue weighted by Crippen LogP contribution is -2.36. The van der Waals surface area contributed by atoms with E-state index in [-0.39, 0.29) is 5.69 Å². The third-order valence-corrected chi connectivity index (χ3v) is 4.05. The number of carbonyl (C=O) groups excluding carboxylic acids is 1. The molecule has 20 heavy (non-hydrogen) atoms. The van der Waals surface area contributed by atoms with Gasteiger partial charge in [0.15, 0.2) is 6.20 Å². The van der Waals surface area contributed by atoms with Gasteiger partial charge in [0.2, 0.25) is 5.13 Å². The Balaban J connectivity index is 2.11. The monoisotopic (exact) mass is 292 g/mol. The quantitative estimate of drug-likeness (QED) is 0.677. The summed E-state index contributed by atoms with van der Waals surface area (Å²) in [5.74, 6) is -0.118. The van der Waals surface area contributed by atoms with Crippen molar-refractivity contribution in [3.05, 3.63) is 40.3 Å². The van der Waals surface area contributed by atoms with Crippen molar-refractivity contribution in [3.63, 3.8) is 0 Å². The molecule has 6 nitrogen and oxygen atoms in total. The van der Waals surface area contributed by atoms with E-state index < -0.39 is 5.91 Å². The van der Waals surface area contributed by atoms with Gasteiger partial charge in [-0.2, -0.15) is 4.73 Å². The molecule has 106 valence electrons. The molecule has 1 amide bonds. The number of amides is 1. The summed E-state index contributed by atoms with van der Waals surface area (Å²) < 4.78 is 0.526. The Morgan fingerprint density at radius 1 is 1.40 bits per heavy atom. The number of aromatic nitrogens is 3. The van der Waals surface area contributed by atoms with Gasteiger partial charge in [-0.3, -0.25) is 10.1 Å². The molecule has 0 radical (unpaired) electrons. The van der Waals surface area contributed by atoms with Gasteiger partial charge in [-0.25, -0.2) is 0 Å². The average molecular weight is 292 g/mol. The number of anilines is 1. The molecule has 7 heteroatoms. The van der Waals surface area contributed by atoms with Crippen LogP contribution in [0.5, 0.6) is 0 Å². The molecular weight excluding hydrogens is 276 g/mol. The number of nitrogens with zero attached hydrogens (tertiary/aromatic N) is 3. The van der Waals surface area contributed by atoms with Crippen LogP contribution in [0.3, 0.4) is 0 Å². The number of hydrogen-bond acceptors (Lipinski definition) is 5. The Kier molecular flexibility index (Phi) is 4.62. The minimum atomic E-state index is -0.479. The zero-order chi connectivity index (χ0) is 14.5. The Morgan fingerprint density at radius 2 is 2.15 bits per heavy atom. The lowest BCUT2D eigenvalue weighted by Gasteiger charge is -2.05. The van der Waals surface area contributed by atoms with E-state index in [1.165, 1.54) is 23.6 Å². The van der Waals surface area contributed by atoms with Crippen molar-refractivity contribution >= 4 is 22.4 Å². The summed E-state index contributed by atoms with van der Waals surface area (Å²) in [4.78, 5) is 12.0. The van der Waals surface area contributed by atoms with Gasteiger partial charge in [0.25, 0.3) is 5.69 Å². The molecule has 1 N–H and O–H groups in total. The maximum Gasteiger partial charge on any atom is 0.323 e. The van der Waals surface area contributed by atoms with Gasteiger partial charge in [0, 0.05) is 18.1 Å². The highest BCUT2D eigenvalue weighted by atomic mass is 32.1. The van der Waals surface area contributed by atoms with E-state index in [2.05, 4.69) is 29.4 Å².